The van der Waals surface area contributed by atoms with Gasteiger partial charge < -0.3 is 15.8 Å². The standard InChI is InChI=1S/C15H30N2O2/c1-3-5-6-7-8-11-19-12-15(14(16)18,17-4-2)13-9-10-13/h13,17H,3-12H2,1-2H3,(H2,16,18). The number of likely N-dealkylation sites (N-methyl/N-ethyl adjacent to an activating group) is 1. The van der Waals surface area contributed by atoms with Crippen molar-refractivity contribution in [3.8, 4) is 0 Å². The van der Waals surface area contributed by atoms with Gasteiger partial charge in [0.2, 0.25) is 5.91 Å². The lowest BCUT2D eigenvalue weighted by Gasteiger charge is -2.31. The van der Waals surface area contributed by atoms with Gasteiger partial charge >= 0.3 is 0 Å². The Bertz CT molecular complexity index is 267. The molecule has 4 nitrogen and oxygen atoms in total. The van der Waals surface area contributed by atoms with Crippen molar-refractivity contribution in [2.75, 3.05) is 19.8 Å². The van der Waals surface area contributed by atoms with Crippen LogP contribution < -0.4 is 11.1 Å². The van der Waals surface area contributed by atoms with Gasteiger partial charge in [-0.05, 0) is 31.7 Å². The van der Waals surface area contributed by atoms with Crippen molar-refractivity contribution in [3.05, 3.63) is 0 Å². The molecule has 19 heavy (non-hydrogen) atoms. The number of carbonyl (C=O) groups excluding carboxylic acids is 1. The van der Waals surface area contributed by atoms with Crippen LogP contribution in [0.1, 0.15) is 58.8 Å². The fourth-order valence-corrected chi connectivity index (χ4v) is 2.61. The molecule has 3 N–H and O–H groups in total. The molecule has 0 aliphatic heterocycles. The van der Waals surface area contributed by atoms with Gasteiger partial charge in [-0.15, -0.1) is 0 Å². The largest absolute Gasteiger partial charge is 0.379 e. The predicted molar refractivity (Wildman–Crippen MR) is 77.9 cm³/mol. The summed E-state index contributed by atoms with van der Waals surface area (Å²) in [6.07, 6.45) is 8.27. The van der Waals surface area contributed by atoms with Crippen LogP contribution in [0.5, 0.6) is 0 Å². The van der Waals surface area contributed by atoms with Crippen molar-refractivity contribution in [2.45, 2.75) is 64.3 Å². The van der Waals surface area contributed by atoms with Crippen molar-refractivity contribution in [2.24, 2.45) is 11.7 Å². The number of primary amides is 1. The molecule has 0 aromatic rings. The normalized spacial score (nSPS) is 18.2. The van der Waals surface area contributed by atoms with E-state index in [0.29, 0.717) is 12.5 Å². The summed E-state index contributed by atoms with van der Waals surface area (Å²) in [7, 11) is 0. The SMILES string of the molecule is CCCCCCCOCC(NCC)(C(N)=O)C1CC1. The number of rotatable bonds is 12. The second kappa shape index (κ2) is 8.54. The van der Waals surface area contributed by atoms with Crippen LogP contribution in [0.4, 0.5) is 0 Å². The average Bonchev–Trinajstić information content (AvgIpc) is 3.20. The number of amides is 1. The smallest absolute Gasteiger partial charge is 0.240 e. The Hall–Kier alpha value is -0.610. The number of unbranched alkanes of at least 4 members (excludes halogenated alkanes) is 4. The van der Waals surface area contributed by atoms with E-state index in [0.717, 1.165) is 32.4 Å². The molecule has 0 aromatic carbocycles. The van der Waals surface area contributed by atoms with Gasteiger partial charge in [0.05, 0.1) is 6.61 Å². The molecular weight excluding hydrogens is 240 g/mol. The van der Waals surface area contributed by atoms with Crippen molar-refractivity contribution in [1.82, 2.24) is 5.32 Å². The van der Waals surface area contributed by atoms with Crippen molar-refractivity contribution in [3.63, 3.8) is 0 Å². The van der Waals surface area contributed by atoms with E-state index < -0.39 is 5.54 Å². The minimum atomic E-state index is -0.627. The maximum absolute atomic E-state index is 11.8. The van der Waals surface area contributed by atoms with E-state index in [9.17, 15) is 4.79 Å². The molecule has 1 atom stereocenters. The summed E-state index contributed by atoms with van der Waals surface area (Å²) in [5.74, 6) is 0.105. The van der Waals surface area contributed by atoms with E-state index in [2.05, 4.69) is 12.2 Å². The summed E-state index contributed by atoms with van der Waals surface area (Å²) < 4.78 is 5.73. The maximum Gasteiger partial charge on any atom is 0.240 e. The minimum absolute atomic E-state index is 0.261. The first-order chi connectivity index (χ1) is 9.17. The van der Waals surface area contributed by atoms with E-state index >= 15 is 0 Å². The monoisotopic (exact) mass is 270 g/mol. The molecule has 1 aliphatic rings. The summed E-state index contributed by atoms with van der Waals surface area (Å²) in [4.78, 5) is 11.8. The third-order valence-corrected chi connectivity index (χ3v) is 3.93. The van der Waals surface area contributed by atoms with E-state index in [4.69, 9.17) is 10.5 Å². The lowest BCUT2D eigenvalue weighted by Crippen LogP contribution is -2.60. The number of nitrogens with one attached hydrogen (secondary N) is 1. The topological polar surface area (TPSA) is 64.3 Å². The van der Waals surface area contributed by atoms with E-state index in [-0.39, 0.29) is 5.91 Å². The van der Waals surface area contributed by atoms with Crippen LogP contribution in [0.3, 0.4) is 0 Å². The van der Waals surface area contributed by atoms with Gasteiger partial charge in [0.1, 0.15) is 5.54 Å². The maximum atomic E-state index is 11.8. The molecule has 0 bridgehead atoms. The molecule has 0 heterocycles. The Morgan fingerprint density at radius 1 is 1.26 bits per heavy atom. The van der Waals surface area contributed by atoms with E-state index in [1.807, 2.05) is 6.92 Å². The van der Waals surface area contributed by atoms with Gasteiger partial charge in [-0.3, -0.25) is 4.79 Å². The van der Waals surface area contributed by atoms with Crippen LogP contribution in [0.2, 0.25) is 0 Å². The Balaban J connectivity index is 2.27. The first kappa shape index (κ1) is 16.4. The second-order valence-electron chi connectivity index (χ2n) is 5.61. The summed E-state index contributed by atoms with van der Waals surface area (Å²) >= 11 is 0. The third kappa shape index (κ3) is 5.11. The Morgan fingerprint density at radius 3 is 2.47 bits per heavy atom. The molecule has 0 radical (unpaired) electrons. The van der Waals surface area contributed by atoms with Crippen LogP contribution in [0.25, 0.3) is 0 Å². The highest BCUT2D eigenvalue weighted by Crippen LogP contribution is 2.39. The van der Waals surface area contributed by atoms with Crippen LogP contribution in [0, 0.1) is 5.92 Å². The van der Waals surface area contributed by atoms with Crippen molar-refractivity contribution < 1.29 is 9.53 Å². The van der Waals surface area contributed by atoms with Gasteiger partial charge in [0.15, 0.2) is 0 Å². The molecule has 1 aliphatic carbocycles. The van der Waals surface area contributed by atoms with Crippen LogP contribution in [-0.2, 0) is 9.53 Å². The fourth-order valence-electron chi connectivity index (χ4n) is 2.61. The van der Waals surface area contributed by atoms with Crippen molar-refractivity contribution >= 4 is 5.91 Å². The molecule has 1 fully saturated rings. The molecule has 4 heteroatoms. The van der Waals surface area contributed by atoms with Gasteiger partial charge in [-0.2, -0.15) is 0 Å². The molecular formula is C15H30N2O2. The Kier molecular flexibility index (Phi) is 7.39. The highest BCUT2D eigenvalue weighted by atomic mass is 16.5. The number of hydrogen-bond acceptors (Lipinski definition) is 3. The quantitative estimate of drug-likeness (QED) is 0.534. The predicted octanol–water partition coefficient (Wildman–Crippen LogP) is 2.22. The number of ether oxygens (including phenoxy) is 1. The summed E-state index contributed by atoms with van der Waals surface area (Å²) in [5, 5.41) is 3.27. The molecule has 0 aromatic heterocycles. The van der Waals surface area contributed by atoms with E-state index in [1.54, 1.807) is 0 Å². The van der Waals surface area contributed by atoms with Gasteiger partial charge in [-0.25, -0.2) is 0 Å². The molecule has 1 amide bonds. The zero-order valence-electron chi connectivity index (χ0n) is 12.5. The number of nitrogens with two attached hydrogens (primary N) is 1. The van der Waals surface area contributed by atoms with Gasteiger partial charge in [0, 0.05) is 6.61 Å². The fraction of sp³-hybridized carbons (Fsp3) is 0.933. The summed E-state index contributed by atoms with van der Waals surface area (Å²) in [6.45, 7) is 6.12. The molecule has 1 unspecified atom stereocenters. The first-order valence-electron chi connectivity index (χ1n) is 7.80. The van der Waals surface area contributed by atoms with Crippen molar-refractivity contribution in [1.29, 1.82) is 0 Å². The Morgan fingerprint density at radius 2 is 1.95 bits per heavy atom. The first-order valence-corrected chi connectivity index (χ1v) is 7.80. The lowest BCUT2D eigenvalue weighted by molar-refractivity contribution is -0.128. The number of hydrogen-bond donors (Lipinski definition) is 2. The summed E-state index contributed by atoms with van der Waals surface area (Å²) in [5.41, 5.74) is 4.97. The minimum Gasteiger partial charge on any atom is -0.379 e. The van der Waals surface area contributed by atoms with Gasteiger partial charge in [-0.1, -0.05) is 39.5 Å². The zero-order chi connectivity index (χ0) is 14.1. The molecule has 1 saturated carbocycles. The Labute approximate surface area is 117 Å². The molecule has 1 rings (SSSR count). The van der Waals surface area contributed by atoms with Crippen LogP contribution >= 0.6 is 0 Å². The van der Waals surface area contributed by atoms with Crippen LogP contribution in [0.15, 0.2) is 0 Å². The van der Waals surface area contributed by atoms with Gasteiger partial charge in [0.25, 0.3) is 0 Å². The highest BCUT2D eigenvalue weighted by molar-refractivity contribution is 5.85. The molecule has 0 saturated heterocycles. The van der Waals surface area contributed by atoms with Crippen LogP contribution in [-0.4, -0.2) is 31.2 Å². The number of carbonyl (C=O) groups is 1. The third-order valence-electron chi connectivity index (χ3n) is 3.93. The van der Waals surface area contributed by atoms with E-state index in [1.165, 1.54) is 25.7 Å². The second-order valence-corrected chi connectivity index (χ2v) is 5.61. The molecule has 112 valence electrons. The highest BCUT2D eigenvalue weighted by Gasteiger charge is 2.49. The zero-order valence-corrected chi connectivity index (χ0v) is 12.5. The molecule has 0 spiro atoms. The average molecular weight is 270 g/mol. The lowest BCUT2D eigenvalue weighted by atomic mass is 9.93. The summed E-state index contributed by atoms with van der Waals surface area (Å²) in [6, 6.07) is 0.